The fraction of sp³-hybridized carbons (Fsp3) is 0.438. The number of rotatable bonds is 5. The van der Waals surface area contributed by atoms with Gasteiger partial charge < -0.3 is 15.0 Å². The van der Waals surface area contributed by atoms with Gasteiger partial charge in [0.2, 0.25) is 0 Å². The van der Waals surface area contributed by atoms with E-state index in [1.807, 2.05) is 19.2 Å². The number of hydrogen-bond acceptors (Lipinski definition) is 3. The first-order valence-corrected chi connectivity index (χ1v) is 6.94. The molecule has 108 valence electrons. The zero-order valence-electron chi connectivity index (χ0n) is 12.7. The maximum atomic E-state index is 5.63. The number of methoxy groups -OCH3 is 1. The lowest BCUT2D eigenvalue weighted by molar-refractivity contribution is 0.407. The normalized spacial score (nSPS) is 11.1. The molecule has 1 aromatic heterocycles. The Labute approximate surface area is 120 Å². The predicted octanol–water partition coefficient (Wildman–Crippen LogP) is 2.83. The smallest absolute Gasteiger partial charge is 0.122 e. The fourth-order valence-electron chi connectivity index (χ4n) is 2.36. The third-order valence-corrected chi connectivity index (χ3v) is 3.50. The van der Waals surface area contributed by atoms with Crippen LogP contribution in [0.3, 0.4) is 0 Å². The first kappa shape index (κ1) is 14.6. The molecule has 20 heavy (non-hydrogen) atoms. The number of aromatic nitrogens is 2. The molecule has 2 N–H and O–H groups in total. The molecule has 0 spiro atoms. The molecule has 0 fully saturated rings. The molecule has 0 bridgehead atoms. The lowest BCUT2D eigenvalue weighted by Gasteiger charge is -2.14. The van der Waals surface area contributed by atoms with Crippen LogP contribution >= 0.6 is 0 Å². The quantitative estimate of drug-likeness (QED) is 0.911. The highest BCUT2D eigenvalue weighted by atomic mass is 16.5. The van der Waals surface area contributed by atoms with Crippen molar-refractivity contribution in [2.24, 2.45) is 5.73 Å². The van der Waals surface area contributed by atoms with Crippen LogP contribution in [-0.4, -0.2) is 16.7 Å². The molecule has 4 nitrogen and oxygen atoms in total. The molecule has 2 rings (SSSR count). The molecule has 0 saturated carbocycles. The molecule has 0 radical (unpaired) electrons. The summed E-state index contributed by atoms with van der Waals surface area (Å²) in [5.41, 5.74) is 9.05. The zero-order valence-corrected chi connectivity index (χ0v) is 12.7. The van der Waals surface area contributed by atoms with Gasteiger partial charge in [0.05, 0.1) is 12.8 Å². The van der Waals surface area contributed by atoms with Crippen molar-refractivity contribution >= 4 is 0 Å². The summed E-state index contributed by atoms with van der Waals surface area (Å²) in [5.74, 6) is 2.38. The zero-order chi connectivity index (χ0) is 14.7. The molecule has 1 aromatic carbocycles. The second-order valence-corrected chi connectivity index (χ2v) is 5.34. The van der Waals surface area contributed by atoms with E-state index < -0.39 is 0 Å². The van der Waals surface area contributed by atoms with Gasteiger partial charge in [-0.05, 0) is 30.0 Å². The van der Waals surface area contributed by atoms with E-state index in [1.165, 1.54) is 11.1 Å². The van der Waals surface area contributed by atoms with E-state index >= 15 is 0 Å². The molecule has 1 heterocycles. The van der Waals surface area contributed by atoms with Crippen molar-refractivity contribution in [2.75, 3.05) is 7.11 Å². The standard InChI is InChI=1S/C16H23N3O/c1-11(2)15-7-13(5-6-16(15)20-4)9-19-10-14(8-17)18-12(19)3/h5-7,10-11H,8-9,17H2,1-4H3. The highest BCUT2D eigenvalue weighted by Gasteiger charge is 2.10. The van der Waals surface area contributed by atoms with Gasteiger partial charge in [-0.1, -0.05) is 26.0 Å². The van der Waals surface area contributed by atoms with Crippen molar-refractivity contribution in [3.8, 4) is 5.75 Å². The Balaban J connectivity index is 2.29. The number of aryl methyl sites for hydroxylation is 1. The first-order valence-electron chi connectivity index (χ1n) is 6.94. The summed E-state index contributed by atoms with van der Waals surface area (Å²) < 4.78 is 7.55. The Morgan fingerprint density at radius 1 is 1.35 bits per heavy atom. The largest absolute Gasteiger partial charge is 0.496 e. The molecule has 0 saturated heterocycles. The Kier molecular flexibility index (Phi) is 4.45. The third kappa shape index (κ3) is 3.02. The Hall–Kier alpha value is -1.81. The second kappa shape index (κ2) is 6.09. The summed E-state index contributed by atoms with van der Waals surface area (Å²) in [5, 5.41) is 0. The first-order chi connectivity index (χ1) is 9.55. The van der Waals surface area contributed by atoms with E-state index in [2.05, 4.69) is 35.5 Å². The van der Waals surface area contributed by atoms with Gasteiger partial charge in [0.25, 0.3) is 0 Å². The maximum Gasteiger partial charge on any atom is 0.122 e. The Morgan fingerprint density at radius 3 is 2.65 bits per heavy atom. The molecule has 4 heteroatoms. The summed E-state index contributed by atoms with van der Waals surface area (Å²) in [6, 6.07) is 6.36. The number of ether oxygens (including phenoxy) is 1. The van der Waals surface area contributed by atoms with E-state index in [0.29, 0.717) is 12.5 Å². The van der Waals surface area contributed by atoms with Crippen LogP contribution in [0.25, 0.3) is 0 Å². The van der Waals surface area contributed by atoms with Gasteiger partial charge in [0.1, 0.15) is 11.6 Å². The summed E-state index contributed by atoms with van der Waals surface area (Å²) in [4.78, 5) is 4.43. The average molecular weight is 273 g/mol. The molecule has 0 atom stereocenters. The fourth-order valence-corrected chi connectivity index (χ4v) is 2.36. The second-order valence-electron chi connectivity index (χ2n) is 5.34. The maximum absolute atomic E-state index is 5.63. The summed E-state index contributed by atoms with van der Waals surface area (Å²) in [6.45, 7) is 7.65. The van der Waals surface area contributed by atoms with Crippen LogP contribution in [0.15, 0.2) is 24.4 Å². The van der Waals surface area contributed by atoms with Gasteiger partial charge in [-0.15, -0.1) is 0 Å². The number of hydrogen-bond donors (Lipinski definition) is 1. The van der Waals surface area contributed by atoms with Crippen molar-refractivity contribution in [2.45, 2.75) is 39.8 Å². The summed E-state index contributed by atoms with van der Waals surface area (Å²) >= 11 is 0. The van der Waals surface area contributed by atoms with Gasteiger partial charge in [-0.25, -0.2) is 4.98 Å². The van der Waals surface area contributed by atoms with Crippen LogP contribution in [-0.2, 0) is 13.1 Å². The van der Waals surface area contributed by atoms with Crippen molar-refractivity contribution in [3.05, 3.63) is 47.0 Å². The molecular weight excluding hydrogens is 250 g/mol. The minimum atomic E-state index is 0.438. The van der Waals surface area contributed by atoms with Gasteiger partial charge >= 0.3 is 0 Å². The van der Waals surface area contributed by atoms with Crippen LogP contribution < -0.4 is 10.5 Å². The lowest BCUT2D eigenvalue weighted by Crippen LogP contribution is -2.03. The number of nitrogens with zero attached hydrogens (tertiary/aromatic N) is 2. The number of nitrogens with two attached hydrogens (primary N) is 1. The number of imidazole rings is 1. The Bertz CT molecular complexity index is 587. The SMILES string of the molecule is COc1ccc(Cn2cc(CN)nc2C)cc1C(C)C. The van der Waals surface area contributed by atoms with Gasteiger partial charge in [-0.2, -0.15) is 0 Å². The van der Waals surface area contributed by atoms with Gasteiger partial charge in [-0.3, -0.25) is 0 Å². The highest BCUT2D eigenvalue weighted by Crippen LogP contribution is 2.27. The third-order valence-electron chi connectivity index (χ3n) is 3.50. The number of benzene rings is 1. The van der Waals surface area contributed by atoms with Gasteiger partial charge in [0.15, 0.2) is 0 Å². The van der Waals surface area contributed by atoms with E-state index in [0.717, 1.165) is 23.8 Å². The minimum Gasteiger partial charge on any atom is -0.496 e. The van der Waals surface area contributed by atoms with Crippen molar-refractivity contribution in [3.63, 3.8) is 0 Å². The summed E-state index contributed by atoms with van der Waals surface area (Å²) in [6.07, 6.45) is 2.02. The van der Waals surface area contributed by atoms with E-state index in [-0.39, 0.29) is 0 Å². The van der Waals surface area contributed by atoms with Crippen LogP contribution in [0.4, 0.5) is 0 Å². The van der Waals surface area contributed by atoms with Crippen LogP contribution in [0.1, 0.15) is 42.4 Å². The molecule has 0 aliphatic heterocycles. The van der Waals surface area contributed by atoms with E-state index in [9.17, 15) is 0 Å². The topological polar surface area (TPSA) is 53.1 Å². The molecular formula is C16H23N3O. The van der Waals surface area contributed by atoms with Crippen molar-refractivity contribution in [1.29, 1.82) is 0 Å². The molecule has 0 aliphatic rings. The van der Waals surface area contributed by atoms with E-state index in [1.54, 1.807) is 7.11 Å². The van der Waals surface area contributed by atoms with Gasteiger partial charge in [0, 0.05) is 19.3 Å². The molecule has 0 amide bonds. The van der Waals surface area contributed by atoms with Crippen LogP contribution in [0, 0.1) is 6.92 Å². The van der Waals surface area contributed by atoms with E-state index in [4.69, 9.17) is 10.5 Å². The predicted molar refractivity (Wildman–Crippen MR) is 81.0 cm³/mol. The monoisotopic (exact) mass is 273 g/mol. The van der Waals surface area contributed by atoms with Crippen molar-refractivity contribution < 1.29 is 4.74 Å². The molecule has 0 unspecified atom stereocenters. The molecule has 0 aliphatic carbocycles. The lowest BCUT2D eigenvalue weighted by atomic mass is 9.99. The molecule has 2 aromatic rings. The summed E-state index contributed by atoms with van der Waals surface area (Å²) in [7, 11) is 1.72. The van der Waals surface area contributed by atoms with Crippen molar-refractivity contribution in [1.82, 2.24) is 9.55 Å². The minimum absolute atomic E-state index is 0.438. The average Bonchev–Trinajstić information content (AvgIpc) is 2.79. The Morgan fingerprint density at radius 2 is 2.10 bits per heavy atom. The highest BCUT2D eigenvalue weighted by molar-refractivity contribution is 5.39. The van der Waals surface area contributed by atoms with Crippen LogP contribution in [0.2, 0.25) is 0 Å². The van der Waals surface area contributed by atoms with Crippen LogP contribution in [0.5, 0.6) is 5.75 Å².